The van der Waals surface area contributed by atoms with Crippen molar-refractivity contribution in [2.24, 2.45) is 11.1 Å². The van der Waals surface area contributed by atoms with Gasteiger partial charge in [-0.3, -0.25) is 9.69 Å². The van der Waals surface area contributed by atoms with Gasteiger partial charge in [-0.2, -0.15) is 0 Å². The van der Waals surface area contributed by atoms with Gasteiger partial charge in [0, 0.05) is 6.54 Å². The van der Waals surface area contributed by atoms with E-state index in [0.717, 1.165) is 26.2 Å². The lowest BCUT2D eigenvalue weighted by Gasteiger charge is -2.38. The molecule has 80 valence electrons. The number of nitrogens with one attached hydrogen (secondary N) is 1. The molecule has 1 amide bonds. The molecule has 2 saturated heterocycles. The summed E-state index contributed by atoms with van der Waals surface area (Å²) in [6, 6.07) is 0. The molecule has 0 aromatic rings. The van der Waals surface area contributed by atoms with Gasteiger partial charge in [-0.25, -0.2) is 0 Å². The SMILES string of the molecule is NC(=O)CN1CCC2(CCNC2)CC1. The van der Waals surface area contributed by atoms with Gasteiger partial charge in [0.2, 0.25) is 5.91 Å². The fourth-order valence-corrected chi connectivity index (χ4v) is 2.63. The first-order chi connectivity index (χ1) is 6.70. The average molecular weight is 197 g/mol. The average Bonchev–Trinajstić information content (AvgIpc) is 2.58. The van der Waals surface area contributed by atoms with E-state index in [0.29, 0.717) is 12.0 Å². The summed E-state index contributed by atoms with van der Waals surface area (Å²) in [5, 5.41) is 3.43. The number of hydrogen-bond donors (Lipinski definition) is 2. The lowest BCUT2D eigenvalue weighted by molar-refractivity contribution is -0.119. The van der Waals surface area contributed by atoms with Crippen molar-refractivity contribution < 1.29 is 4.79 Å². The van der Waals surface area contributed by atoms with Crippen LogP contribution < -0.4 is 11.1 Å². The van der Waals surface area contributed by atoms with Gasteiger partial charge in [-0.1, -0.05) is 0 Å². The van der Waals surface area contributed by atoms with Crippen molar-refractivity contribution >= 4 is 5.91 Å². The molecule has 3 N–H and O–H groups in total. The molecule has 2 fully saturated rings. The summed E-state index contributed by atoms with van der Waals surface area (Å²) in [5.74, 6) is -0.203. The van der Waals surface area contributed by atoms with Gasteiger partial charge in [-0.05, 0) is 44.3 Å². The predicted molar refractivity (Wildman–Crippen MR) is 54.8 cm³/mol. The summed E-state index contributed by atoms with van der Waals surface area (Å²) in [5.41, 5.74) is 5.71. The van der Waals surface area contributed by atoms with E-state index in [1.54, 1.807) is 0 Å². The van der Waals surface area contributed by atoms with Crippen molar-refractivity contribution in [3.63, 3.8) is 0 Å². The maximum absolute atomic E-state index is 10.7. The number of carbonyl (C=O) groups excluding carboxylic acids is 1. The van der Waals surface area contributed by atoms with Crippen molar-refractivity contribution in [3.05, 3.63) is 0 Å². The van der Waals surface area contributed by atoms with E-state index in [1.165, 1.54) is 19.3 Å². The second kappa shape index (κ2) is 3.87. The quantitative estimate of drug-likeness (QED) is 0.630. The number of primary amides is 1. The Labute approximate surface area is 84.8 Å². The van der Waals surface area contributed by atoms with Crippen molar-refractivity contribution in [1.82, 2.24) is 10.2 Å². The highest BCUT2D eigenvalue weighted by Gasteiger charge is 2.36. The summed E-state index contributed by atoms with van der Waals surface area (Å²) < 4.78 is 0. The van der Waals surface area contributed by atoms with Gasteiger partial charge in [0.1, 0.15) is 0 Å². The molecular weight excluding hydrogens is 178 g/mol. The standard InChI is InChI=1S/C10H19N3O/c11-9(14)7-13-5-2-10(3-6-13)1-4-12-8-10/h12H,1-8H2,(H2,11,14). The number of piperidine rings is 1. The fraction of sp³-hybridized carbons (Fsp3) is 0.900. The molecule has 2 aliphatic rings. The highest BCUT2D eigenvalue weighted by molar-refractivity contribution is 5.75. The third-order valence-electron chi connectivity index (χ3n) is 3.63. The van der Waals surface area contributed by atoms with E-state index in [-0.39, 0.29) is 5.91 Å². The zero-order chi connectivity index (χ0) is 10.0. The molecule has 0 aliphatic carbocycles. The molecule has 0 bridgehead atoms. The first kappa shape index (κ1) is 9.93. The smallest absolute Gasteiger partial charge is 0.231 e. The fourth-order valence-electron chi connectivity index (χ4n) is 2.63. The Bertz CT molecular complexity index is 213. The lowest BCUT2D eigenvalue weighted by Crippen LogP contribution is -2.44. The minimum atomic E-state index is -0.203. The van der Waals surface area contributed by atoms with E-state index in [4.69, 9.17) is 5.73 Å². The molecule has 0 radical (unpaired) electrons. The number of carbonyl (C=O) groups is 1. The predicted octanol–water partition coefficient (Wildman–Crippen LogP) is -0.453. The molecule has 1 spiro atoms. The van der Waals surface area contributed by atoms with E-state index >= 15 is 0 Å². The van der Waals surface area contributed by atoms with Crippen LogP contribution in [-0.2, 0) is 4.79 Å². The van der Waals surface area contributed by atoms with Crippen LogP contribution >= 0.6 is 0 Å². The molecule has 2 rings (SSSR count). The molecule has 4 heteroatoms. The number of likely N-dealkylation sites (tertiary alicyclic amines) is 1. The Morgan fingerprint density at radius 3 is 2.57 bits per heavy atom. The van der Waals surface area contributed by atoms with Crippen LogP contribution in [0.2, 0.25) is 0 Å². The summed E-state index contributed by atoms with van der Waals surface area (Å²) in [6.45, 7) is 4.83. The minimum absolute atomic E-state index is 0.203. The Morgan fingerprint density at radius 2 is 2.07 bits per heavy atom. The number of rotatable bonds is 2. The Balaban J connectivity index is 1.82. The van der Waals surface area contributed by atoms with Gasteiger partial charge in [0.25, 0.3) is 0 Å². The van der Waals surface area contributed by atoms with Crippen LogP contribution in [0.5, 0.6) is 0 Å². The van der Waals surface area contributed by atoms with Crippen molar-refractivity contribution in [2.75, 3.05) is 32.7 Å². The topological polar surface area (TPSA) is 58.4 Å². The molecule has 0 unspecified atom stereocenters. The highest BCUT2D eigenvalue weighted by Crippen LogP contribution is 2.36. The Kier molecular flexibility index (Phi) is 2.74. The van der Waals surface area contributed by atoms with Crippen LogP contribution in [0.1, 0.15) is 19.3 Å². The zero-order valence-corrected chi connectivity index (χ0v) is 8.59. The van der Waals surface area contributed by atoms with E-state index < -0.39 is 0 Å². The summed E-state index contributed by atoms with van der Waals surface area (Å²) in [6.07, 6.45) is 3.73. The third-order valence-corrected chi connectivity index (χ3v) is 3.63. The minimum Gasteiger partial charge on any atom is -0.369 e. The summed E-state index contributed by atoms with van der Waals surface area (Å²) in [4.78, 5) is 12.9. The second-order valence-corrected chi connectivity index (χ2v) is 4.67. The van der Waals surface area contributed by atoms with Crippen LogP contribution in [0.3, 0.4) is 0 Å². The van der Waals surface area contributed by atoms with Gasteiger partial charge >= 0.3 is 0 Å². The summed E-state index contributed by atoms with van der Waals surface area (Å²) in [7, 11) is 0. The second-order valence-electron chi connectivity index (χ2n) is 4.67. The van der Waals surface area contributed by atoms with Crippen LogP contribution in [0.25, 0.3) is 0 Å². The van der Waals surface area contributed by atoms with Gasteiger partial charge in [0.05, 0.1) is 6.54 Å². The van der Waals surface area contributed by atoms with E-state index in [9.17, 15) is 4.79 Å². The molecule has 2 heterocycles. The summed E-state index contributed by atoms with van der Waals surface area (Å²) >= 11 is 0. The van der Waals surface area contributed by atoms with Crippen LogP contribution in [0, 0.1) is 5.41 Å². The van der Waals surface area contributed by atoms with Crippen LogP contribution in [-0.4, -0.2) is 43.5 Å². The van der Waals surface area contributed by atoms with Crippen molar-refractivity contribution in [1.29, 1.82) is 0 Å². The Hall–Kier alpha value is -0.610. The van der Waals surface area contributed by atoms with Crippen LogP contribution in [0.4, 0.5) is 0 Å². The third kappa shape index (κ3) is 2.07. The molecule has 0 aromatic carbocycles. The molecule has 2 aliphatic heterocycles. The number of amides is 1. The number of hydrogen-bond acceptors (Lipinski definition) is 3. The molecule has 14 heavy (non-hydrogen) atoms. The molecule has 0 aromatic heterocycles. The van der Waals surface area contributed by atoms with Gasteiger partial charge < -0.3 is 11.1 Å². The number of nitrogens with zero attached hydrogens (tertiary/aromatic N) is 1. The maximum Gasteiger partial charge on any atom is 0.231 e. The maximum atomic E-state index is 10.7. The van der Waals surface area contributed by atoms with Gasteiger partial charge in [0.15, 0.2) is 0 Å². The first-order valence-electron chi connectivity index (χ1n) is 5.42. The molecular formula is C10H19N3O. The highest BCUT2D eigenvalue weighted by atomic mass is 16.1. The van der Waals surface area contributed by atoms with Crippen LogP contribution in [0.15, 0.2) is 0 Å². The van der Waals surface area contributed by atoms with E-state index in [2.05, 4.69) is 10.2 Å². The van der Waals surface area contributed by atoms with Gasteiger partial charge in [-0.15, -0.1) is 0 Å². The molecule has 0 saturated carbocycles. The van der Waals surface area contributed by atoms with E-state index in [1.807, 2.05) is 0 Å². The molecule has 4 nitrogen and oxygen atoms in total. The largest absolute Gasteiger partial charge is 0.369 e. The lowest BCUT2D eigenvalue weighted by atomic mass is 9.78. The van der Waals surface area contributed by atoms with Crippen molar-refractivity contribution in [3.8, 4) is 0 Å². The normalized spacial score (nSPS) is 26.9. The number of nitrogens with two attached hydrogens (primary N) is 1. The zero-order valence-electron chi connectivity index (χ0n) is 8.59. The Morgan fingerprint density at radius 1 is 1.36 bits per heavy atom. The monoisotopic (exact) mass is 197 g/mol. The van der Waals surface area contributed by atoms with Crippen molar-refractivity contribution in [2.45, 2.75) is 19.3 Å². The first-order valence-corrected chi connectivity index (χ1v) is 5.42. The molecule has 0 atom stereocenters.